The van der Waals surface area contributed by atoms with Gasteiger partial charge in [0.25, 0.3) is 0 Å². The zero-order valence-corrected chi connectivity index (χ0v) is 11.3. The molecule has 3 N–H and O–H groups in total. The third kappa shape index (κ3) is 2.52. The summed E-state index contributed by atoms with van der Waals surface area (Å²) in [5.41, 5.74) is 6.27. The van der Waals surface area contributed by atoms with E-state index in [4.69, 9.17) is 5.73 Å². The molecule has 3 aromatic rings. The molecule has 0 bridgehead atoms. The molecule has 0 aliphatic carbocycles. The van der Waals surface area contributed by atoms with Crippen molar-refractivity contribution in [2.24, 2.45) is 0 Å². The smallest absolute Gasteiger partial charge is 0.416 e. The lowest BCUT2D eigenvalue weighted by Gasteiger charge is -2.10. The molecule has 3 rings (SSSR count). The highest BCUT2D eigenvalue weighted by Crippen LogP contribution is 2.37. The van der Waals surface area contributed by atoms with Gasteiger partial charge in [-0.2, -0.15) is 13.2 Å². The van der Waals surface area contributed by atoms with Gasteiger partial charge in [0.2, 0.25) is 0 Å². The van der Waals surface area contributed by atoms with Crippen molar-refractivity contribution in [2.45, 2.75) is 6.18 Å². The molecule has 2 aromatic carbocycles. The molecule has 108 valence electrons. The van der Waals surface area contributed by atoms with Crippen molar-refractivity contribution in [2.75, 3.05) is 5.73 Å². The molecule has 3 nitrogen and oxygen atoms in total. The summed E-state index contributed by atoms with van der Waals surface area (Å²) in [7, 11) is 0. The first kappa shape index (κ1) is 13.7. The van der Waals surface area contributed by atoms with Crippen molar-refractivity contribution in [3.63, 3.8) is 0 Å². The lowest BCUT2D eigenvalue weighted by molar-refractivity contribution is -0.137. The minimum absolute atomic E-state index is 0.316. The summed E-state index contributed by atoms with van der Waals surface area (Å²) in [5, 5.41) is 10.3. The van der Waals surface area contributed by atoms with Gasteiger partial charge in [0.15, 0.2) is 5.13 Å². The maximum Gasteiger partial charge on any atom is 0.416 e. The summed E-state index contributed by atoms with van der Waals surface area (Å²) in [6.45, 7) is 0. The Kier molecular flexibility index (Phi) is 3.02. The highest BCUT2D eigenvalue weighted by atomic mass is 32.1. The van der Waals surface area contributed by atoms with Gasteiger partial charge in [0.05, 0.1) is 15.8 Å². The number of anilines is 1. The number of hydrogen-bond donors (Lipinski definition) is 2. The van der Waals surface area contributed by atoms with Crippen LogP contribution in [0.1, 0.15) is 5.56 Å². The number of fused-ring (bicyclic) bond motifs is 1. The van der Waals surface area contributed by atoms with Crippen LogP contribution in [0, 0.1) is 0 Å². The Bertz CT molecular complexity index is 827. The number of phenols is 1. The first-order valence-corrected chi connectivity index (χ1v) is 6.73. The summed E-state index contributed by atoms with van der Waals surface area (Å²) in [6.07, 6.45) is -4.48. The van der Waals surface area contributed by atoms with Gasteiger partial charge in [-0.25, -0.2) is 4.98 Å². The van der Waals surface area contributed by atoms with E-state index in [0.29, 0.717) is 21.8 Å². The number of halogens is 3. The fourth-order valence-corrected chi connectivity index (χ4v) is 2.78. The van der Waals surface area contributed by atoms with Gasteiger partial charge in [-0.05, 0) is 29.8 Å². The Morgan fingerprint density at radius 3 is 2.52 bits per heavy atom. The number of alkyl halides is 3. The van der Waals surface area contributed by atoms with Crippen LogP contribution in [0.15, 0.2) is 36.4 Å². The normalized spacial score (nSPS) is 12.0. The standard InChI is InChI=1S/C14H9F3N2OS/c15-14(16,17)8-2-3-9(11(20)6-8)7-1-4-12-10(5-7)19-13(18)21-12/h1-6,20H,(H2,18,19). The monoisotopic (exact) mass is 310 g/mol. The van der Waals surface area contributed by atoms with Crippen LogP contribution < -0.4 is 5.73 Å². The molecular weight excluding hydrogens is 301 g/mol. The van der Waals surface area contributed by atoms with E-state index in [9.17, 15) is 18.3 Å². The Labute approximate surface area is 121 Å². The van der Waals surface area contributed by atoms with E-state index in [1.165, 1.54) is 17.4 Å². The van der Waals surface area contributed by atoms with Gasteiger partial charge in [-0.1, -0.05) is 23.5 Å². The van der Waals surface area contributed by atoms with Crippen molar-refractivity contribution in [1.82, 2.24) is 4.98 Å². The maximum absolute atomic E-state index is 12.6. The number of nitrogen functional groups attached to an aromatic ring is 1. The van der Waals surface area contributed by atoms with Crippen molar-refractivity contribution in [1.29, 1.82) is 0 Å². The van der Waals surface area contributed by atoms with Crippen LogP contribution in [0.4, 0.5) is 18.3 Å². The largest absolute Gasteiger partial charge is 0.507 e. The average Bonchev–Trinajstić information content (AvgIpc) is 2.76. The molecule has 0 aliphatic rings. The third-order valence-corrected chi connectivity index (χ3v) is 3.91. The van der Waals surface area contributed by atoms with E-state index in [-0.39, 0.29) is 0 Å². The molecule has 1 heterocycles. The number of benzene rings is 2. The number of thiazole rings is 1. The summed E-state index contributed by atoms with van der Waals surface area (Å²) in [5.74, 6) is -0.424. The van der Waals surface area contributed by atoms with E-state index in [0.717, 1.165) is 16.8 Å². The SMILES string of the molecule is Nc1nc2cc(-c3ccc(C(F)(F)F)cc3O)ccc2s1. The third-order valence-electron chi connectivity index (χ3n) is 3.04. The summed E-state index contributed by atoms with van der Waals surface area (Å²) in [6, 6.07) is 8.07. The molecule has 0 saturated heterocycles. The quantitative estimate of drug-likeness (QED) is 0.705. The van der Waals surface area contributed by atoms with Crippen molar-refractivity contribution < 1.29 is 18.3 Å². The Hall–Kier alpha value is -2.28. The van der Waals surface area contributed by atoms with E-state index < -0.39 is 17.5 Å². The topological polar surface area (TPSA) is 59.1 Å². The molecule has 0 amide bonds. The second kappa shape index (κ2) is 4.63. The minimum Gasteiger partial charge on any atom is -0.507 e. The highest BCUT2D eigenvalue weighted by Gasteiger charge is 2.31. The molecule has 0 atom stereocenters. The number of nitrogens with zero attached hydrogens (tertiary/aromatic N) is 1. The van der Waals surface area contributed by atoms with Crippen molar-refractivity contribution >= 4 is 26.7 Å². The molecule has 0 fully saturated rings. The molecule has 1 aromatic heterocycles. The summed E-state index contributed by atoms with van der Waals surface area (Å²) in [4.78, 5) is 4.12. The summed E-state index contributed by atoms with van der Waals surface area (Å²) >= 11 is 1.32. The van der Waals surface area contributed by atoms with Crippen molar-refractivity contribution in [3.05, 3.63) is 42.0 Å². The zero-order valence-electron chi connectivity index (χ0n) is 10.5. The second-order valence-electron chi connectivity index (χ2n) is 4.46. The predicted octanol–water partition coefficient (Wildman–Crippen LogP) is 4.27. The molecule has 7 heteroatoms. The van der Waals surface area contributed by atoms with E-state index in [1.54, 1.807) is 18.2 Å². The number of hydrogen-bond acceptors (Lipinski definition) is 4. The lowest BCUT2D eigenvalue weighted by Crippen LogP contribution is -2.04. The maximum atomic E-state index is 12.6. The van der Waals surface area contributed by atoms with Crippen LogP contribution in [0.5, 0.6) is 5.75 Å². The molecule has 0 saturated carbocycles. The number of rotatable bonds is 1. The molecule has 0 spiro atoms. The second-order valence-corrected chi connectivity index (χ2v) is 5.53. The molecule has 0 radical (unpaired) electrons. The molecular formula is C14H9F3N2OS. The Balaban J connectivity index is 2.09. The van der Waals surface area contributed by atoms with Crippen molar-refractivity contribution in [3.8, 4) is 16.9 Å². The molecule has 21 heavy (non-hydrogen) atoms. The first-order valence-electron chi connectivity index (χ1n) is 5.91. The van der Waals surface area contributed by atoms with Gasteiger partial charge >= 0.3 is 6.18 Å². The van der Waals surface area contributed by atoms with Crippen LogP contribution in [0.25, 0.3) is 21.3 Å². The van der Waals surface area contributed by atoms with Crippen LogP contribution in [-0.2, 0) is 6.18 Å². The predicted molar refractivity (Wildman–Crippen MR) is 76.1 cm³/mol. The number of aromatic hydroxyl groups is 1. The summed E-state index contributed by atoms with van der Waals surface area (Å²) < 4.78 is 38.6. The van der Waals surface area contributed by atoms with Gasteiger partial charge in [-0.15, -0.1) is 0 Å². The Morgan fingerprint density at radius 2 is 1.86 bits per heavy atom. The van der Waals surface area contributed by atoms with Crippen LogP contribution in [-0.4, -0.2) is 10.1 Å². The van der Waals surface area contributed by atoms with Gasteiger partial charge in [-0.3, -0.25) is 0 Å². The molecule has 0 unspecified atom stereocenters. The molecule has 0 aliphatic heterocycles. The first-order chi connectivity index (χ1) is 9.84. The van der Waals surface area contributed by atoms with Gasteiger partial charge in [0.1, 0.15) is 5.75 Å². The van der Waals surface area contributed by atoms with Gasteiger partial charge in [0, 0.05) is 5.56 Å². The highest BCUT2D eigenvalue weighted by molar-refractivity contribution is 7.22. The van der Waals surface area contributed by atoms with Crippen LogP contribution in [0.3, 0.4) is 0 Å². The zero-order chi connectivity index (χ0) is 15.2. The minimum atomic E-state index is -4.48. The van der Waals surface area contributed by atoms with Gasteiger partial charge < -0.3 is 10.8 Å². The van der Waals surface area contributed by atoms with E-state index >= 15 is 0 Å². The lowest BCUT2D eigenvalue weighted by atomic mass is 10.0. The number of aromatic nitrogens is 1. The van der Waals surface area contributed by atoms with Crippen LogP contribution in [0.2, 0.25) is 0 Å². The van der Waals surface area contributed by atoms with E-state index in [2.05, 4.69) is 4.98 Å². The number of nitrogens with two attached hydrogens (primary N) is 1. The fraction of sp³-hybridized carbons (Fsp3) is 0.0714. The van der Waals surface area contributed by atoms with E-state index in [1.807, 2.05) is 0 Å². The average molecular weight is 310 g/mol. The fourth-order valence-electron chi connectivity index (χ4n) is 2.06. The van der Waals surface area contributed by atoms with Crippen LogP contribution >= 0.6 is 11.3 Å². The number of phenolic OH excluding ortho intramolecular Hbond substituents is 1. The Morgan fingerprint density at radius 1 is 1.10 bits per heavy atom.